The van der Waals surface area contributed by atoms with E-state index in [-0.39, 0.29) is 12.4 Å². The number of rotatable bonds is 8. The van der Waals surface area contributed by atoms with Gasteiger partial charge >= 0.3 is 5.97 Å². The summed E-state index contributed by atoms with van der Waals surface area (Å²) in [6, 6.07) is 9.02. The van der Waals surface area contributed by atoms with E-state index < -0.39 is 28.6 Å². The van der Waals surface area contributed by atoms with E-state index in [1.807, 2.05) is 0 Å². The molecule has 4 fully saturated rings. The summed E-state index contributed by atoms with van der Waals surface area (Å²) in [6.07, 6.45) is 4.68. The molecular weight excluding hydrogens is 576 g/mol. The smallest absolute Gasteiger partial charge is 0.338 e. The molecule has 4 aromatic rings. The fraction of sp³-hybridized carbons (Fsp3) is 0.379. The minimum atomic E-state index is -1.37. The summed E-state index contributed by atoms with van der Waals surface area (Å²) in [5.74, 6) is -0.587. The van der Waals surface area contributed by atoms with Crippen molar-refractivity contribution in [3.8, 4) is 22.6 Å². The topological polar surface area (TPSA) is 121 Å². The molecule has 12 heteroatoms. The van der Waals surface area contributed by atoms with Crippen LogP contribution in [0.2, 0.25) is 10.0 Å². The number of hydrogen-bond donors (Lipinski definition) is 1. The van der Waals surface area contributed by atoms with Crippen molar-refractivity contribution < 1.29 is 32.8 Å². The monoisotopic (exact) mass is 599 g/mol. The van der Waals surface area contributed by atoms with Gasteiger partial charge in [0.1, 0.15) is 22.9 Å². The molecule has 2 saturated carbocycles. The molecule has 2 bridgehead atoms. The molecule has 2 aromatic carbocycles. The number of hydrogen-bond acceptors (Lipinski definition) is 8. The Morgan fingerprint density at radius 3 is 2.49 bits per heavy atom. The lowest BCUT2D eigenvalue weighted by Crippen LogP contribution is -2.54. The molecule has 0 unspecified atom stereocenters. The standard InChI is InChI=1S/C29H24Cl2FN3O6/c30-19-2-1-3-20(31)22(19)23-18(24(40-34-23)15-4-5-15)13-38-28-8-10-29(11-9-28,39-14-28)27-33-25(35-41-27)16-6-7-21(32)17(12-16)26(36)37/h1-3,6-7,12,15H,4-5,8-11,13-14H2,(H,36,37). The molecule has 9 nitrogen and oxygen atoms in total. The second kappa shape index (κ2) is 9.90. The summed E-state index contributed by atoms with van der Waals surface area (Å²) in [7, 11) is 0. The third kappa shape index (κ3) is 4.63. The van der Waals surface area contributed by atoms with Crippen molar-refractivity contribution in [3.05, 3.63) is 75.0 Å². The van der Waals surface area contributed by atoms with Gasteiger partial charge in [-0.25, -0.2) is 9.18 Å². The van der Waals surface area contributed by atoms with E-state index in [0.29, 0.717) is 71.0 Å². The molecule has 212 valence electrons. The summed E-state index contributed by atoms with van der Waals surface area (Å²) >= 11 is 13.0. The Kier molecular flexibility index (Phi) is 6.42. The molecule has 2 aliphatic carbocycles. The van der Waals surface area contributed by atoms with E-state index in [0.717, 1.165) is 30.2 Å². The van der Waals surface area contributed by atoms with Crippen LogP contribution in [0.4, 0.5) is 4.39 Å². The van der Waals surface area contributed by atoms with Crippen LogP contribution in [0.5, 0.6) is 0 Å². The highest BCUT2D eigenvalue weighted by Crippen LogP contribution is 2.52. The highest BCUT2D eigenvalue weighted by molar-refractivity contribution is 6.39. The largest absolute Gasteiger partial charge is 0.478 e. The first kappa shape index (κ1) is 26.6. The van der Waals surface area contributed by atoms with Crippen molar-refractivity contribution in [1.29, 1.82) is 0 Å². The van der Waals surface area contributed by atoms with Crippen LogP contribution in [0.25, 0.3) is 22.6 Å². The fourth-order valence-electron chi connectivity index (χ4n) is 5.76. The summed E-state index contributed by atoms with van der Waals surface area (Å²) in [5, 5.41) is 18.6. The van der Waals surface area contributed by atoms with Crippen LogP contribution in [0.3, 0.4) is 0 Å². The van der Waals surface area contributed by atoms with Crippen LogP contribution >= 0.6 is 23.2 Å². The van der Waals surface area contributed by atoms with E-state index in [9.17, 15) is 14.3 Å². The van der Waals surface area contributed by atoms with Crippen LogP contribution in [0.1, 0.15) is 72.0 Å². The van der Waals surface area contributed by atoms with Crippen molar-refractivity contribution in [1.82, 2.24) is 15.3 Å². The van der Waals surface area contributed by atoms with Crippen LogP contribution < -0.4 is 0 Å². The molecule has 0 amide bonds. The van der Waals surface area contributed by atoms with Gasteiger partial charge in [-0.3, -0.25) is 0 Å². The molecule has 0 radical (unpaired) electrons. The first-order valence-electron chi connectivity index (χ1n) is 13.4. The van der Waals surface area contributed by atoms with Gasteiger partial charge < -0.3 is 23.6 Å². The molecule has 1 N–H and O–H groups in total. The normalized spacial score (nSPS) is 23.7. The van der Waals surface area contributed by atoms with Gasteiger partial charge in [0.25, 0.3) is 5.89 Å². The Bertz CT molecular complexity index is 1620. The molecule has 0 spiro atoms. The van der Waals surface area contributed by atoms with Gasteiger partial charge in [0.05, 0.1) is 34.4 Å². The van der Waals surface area contributed by atoms with Gasteiger partial charge in [0.15, 0.2) is 0 Å². The summed E-state index contributed by atoms with van der Waals surface area (Å²) in [6.45, 7) is 0.612. The molecular formula is C29H24Cl2FN3O6. The van der Waals surface area contributed by atoms with E-state index in [1.165, 1.54) is 12.1 Å². The van der Waals surface area contributed by atoms with Crippen LogP contribution in [0, 0.1) is 5.82 Å². The Balaban J connectivity index is 1.09. The quantitative estimate of drug-likeness (QED) is 0.224. The maximum atomic E-state index is 13.9. The van der Waals surface area contributed by atoms with Gasteiger partial charge in [-0.15, -0.1) is 0 Å². The molecule has 8 rings (SSSR count). The van der Waals surface area contributed by atoms with E-state index >= 15 is 0 Å². The van der Waals surface area contributed by atoms with Gasteiger partial charge in [-0.05, 0) is 68.9 Å². The lowest BCUT2D eigenvalue weighted by Gasteiger charge is -2.50. The maximum absolute atomic E-state index is 13.9. The zero-order valence-corrected chi connectivity index (χ0v) is 23.2. The maximum Gasteiger partial charge on any atom is 0.338 e. The van der Waals surface area contributed by atoms with E-state index in [4.69, 9.17) is 41.7 Å². The zero-order chi connectivity index (χ0) is 28.4. The van der Waals surface area contributed by atoms with Gasteiger partial charge in [0.2, 0.25) is 5.82 Å². The minimum absolute atomic E-state index is 0.171. The van der Waals surface area contributed by atoms with Gasteiger partial charge in [-0.2, -0.15) is 4.98 Å². The molecule has 41 heavy (non-hydrogen) atoms. The number of halogens is 3. The highest BCUT2D eigenvalue weighted by Gasteiger charge is 2.54. The Labute approximate surface area is 243 Å². The Morgan fingerprint density at radius 2 is 1.83 bits per heavy atom. The number of carbonyl (C=O) groups is 1. The number of aromatic nitrogens is 3. The lowest BCUT2D eigenvalue weighted by molar-refractivity contribution is -0.250. The molecule has 2 aromatic heterocycles. The number of fused-ring (bicyclic) bond motifs is 3. The Hall–Kier alpha value is -3.31. The summed E-state index contributed by atoms with van der Waals surface area (Å²) < 4.78 is 38.2. The second-order valence-corrected chi connectivity index (χ2v) is 11.7. The zero-order valence-electron chi connectivity index (χ0n) is 21.7. The van der Waals surface area contributed by atoms with Crippen molar-refractivity contribution in [2.45, 2.75) is 62.3 Å². The summed E-state index contributed by atoms with van der Waals surface area (Å²) in [4.78, 5) is 15.8. The Morgan fingerprint density at radius 1 is 1.07 bits per heavy atom. The minimum Gasteiger partial charge on any atom is -0.478 e. The van der Waals surface area contributed by atoms with Crippen molar-refractivity contribution in [2.24, 2.45) is 0 Å². The number of nitrogens with zero attached hydrogens (tertiary/aromatic N) is 3. The van der Waals surface area contributed by atoms with Crippen molar-refractivity contribution in [3.63, 3.8) is 0 Å². The second-order valence-electron chi connectivity index (χ2n) is 10.9. The van der Waals surface area contributed by atoms with Crippen LogP contribution in [-0.2, 0) is 21.7 Å². The predicted octanol–water partition coefficient (Wildman–Crippen LogP) is 7.17. The molecule has 2 saturated heterocycles. The van der Waals surface area contributed by atoms with Gasteiger partial charge in [-0.1, -0.05) is 39.6 Å². The van der Waals surface area contributed by atoms with Gasteiger partial charge in [0, 0.05) is 22.6 Å². The number of carboxylic acids is 1. The number of benzene rings is 2. The third-order valence-corrected chi connectivity index (χ3v) is 8.97. The number of aromatic carboxylic acids is 1. The van der Waals surface area contributed by atoms with Crippen molar-refractivity contribution >= 4 is 29.2 Å². The lowest BCUT2D eigenvalue weighted by atomic mass is 9.73. The number of ether oxygens (including phenoxy) is 2. The fourth-order valence-corrected chi connectivity index (χ4v) is 6.33. The average molecular weight is 600 g/mol. The molecule has 0 atom stereocenters. The van der Waals surface area contributed by atoms with E-state index in [1.54, 1.807) is 18.2 Å². The summed E-state index contributed by atoms with van der Waals surface area (Å²) in [5.41, 5.74) is 0.712. The SMILES string of the molecule is O=C(O)c1cc(-c2noc(C34CCC(OCc5c(-c6c(Cl)cccc6Cl)noc5C5CC5)(CC3)CO4)n2)ccc1F. The highest BCUT2D eigenvalue weighted by atomic mass is 35.5. The first-order chi connectivity index (χ1) is 19.8. The first-order valence-corrected chi connectivity index (χ1v) is 14.1. The third-order valence-electron chi connectivity index (χ3n) is 8.34. The average Bonchev–Trinajstić information content (AvgIpc) is 3.53. The molecule has 2 aliphatic heterocycles. The number of carboxylic acid groups (broad SMARTS) is 1. The van der Waals surface area contributed by atoms with E-state index in [2.05, 4.69) is 15.3 Å². The predicted molar refractivity (Wildman–Crippen MR) is 144 cm³/mol. The van der Waals surface area contributed by atoms with Crippen LogP contribution in [0.15, 0.2) is 45.4 Å². The molecule has 4 heterocycles. The van der Waals surface area contributed by atoms with Crippen LogP contribution in [-0.4, -0.2) is 38.6 Å². The molecule has 4 aliphatic rings. The van der Waals surface area contributed by atoms with Crippen molar-refractivity contribution in [2.75, 3.05) is 6.61 Å².